The molecule has 1 unspecified atom stereocenters. The number of amides is 2. The lowest BCUT2D eigenvalue weighted by Crippen LogP contribution is -2.20. The minimum absolute atomic E-state index is 0.0577. The van der Waals surface area contributed by atoms with Crippen LogP contribution in [-0.4, -0.2) is 16.4 Å². The summed E-state index contributed by atoms with van der Waals surface area (Å²) in [5.41, 5.74) is 1.14. The van der Waals surface area contributed by atoms with Crippen LogP contribution in [0.3, 0.4) is 0 Å². The van der Waals surface area contributed by atoms with Crippen LogP contribution in [0.25, 0.3) is 21.8 Å². The fourth-order valence-corrected chi connectivity index (χ4v) is 4.56. The first-order valence-corrected chi connectivity index (χ1v) is 11.8. The zero-order valence-electron chi connectivity index (χ0n) is 20.3. The number of hydrogen-bond donors (Lipinski definition) is 2. The number of hydrogen-bond acceptors (Lipinski definition) is 3. The van der Waals surface area contributed by atoms with Crippen molar-refractivity contribution in [1.82, 2.24) is 4.57 Å². The second-order valence-electron chi connectivity index (χ2n) is 8.97. The van der Waals surface area contributed by atoms with Gasteiger partial charge in [-0.2, -0.15) is 18.4 Å². The van der Waals surface area contributed by atoms with E-state index in [1.54, 1.807) is 6.92 Å². The molecular weight excluding hydrogens is 481 g/mol. The quantitative estimate of drug-likeness (QED) is 0.292. The van der Waals surface area contributed by atoms with Crippen molar-refractivity contribution in [3.8, 4) is 6.07 Å². The highest BCUT2D eigenvalue weighted by molar-refractivity contribution is 6.09. The second-order valence-corrected chi connectivity index (χ2v) is 8.97. The Kier molecular flexibility index (Phi) is 7.21. The number of benzene rings is 3. The van der Waals surface area contributed by atoms with Crippen LogP contribution in [0.1, 0.15) is 37.8 Å². The third-order valence-electron chi connectivity index (χ3n) is 6.17. The number of nitrogens with one attached hydrogen (secondary N) is 2. The van der Waals surface area contributed by atoms with Crippen molar-refractivity contribution >= 4 is 45.0 Å². The summed E-state index contributed by atoms with van der Waals surface area (Å²) in [5, 5.41) is 16.3. The summed E-state index contributed by atoms with van der Waals surface area (Å²) in [5.74, 6) is -1.14. The predicted octanol–water partition coefficient (Wildman–Crippen LogP) is 6.70. The number of alkyl halides is 3. The topological polar surface area (TPSA) is 86.9 Å². The summed E-state index contributed by atoms with van der Waals surface area (Å²) in [6.07, 6.45) is -4.72. The Hall–Kier alpha value is -4.32. The number of para-hydroxylation sites is 1. The normalized spacial score (nSPS) is 12.3. The van der Waals surface area contributed by atoms with Crippen molar-refractivity contribution in [3.05, 3.63) is 71.8 Å². The van der Waals surface area contributed by atoms with E-state index in [1.807, 2.05) is 36.4 Å². The molecule has 4 aromatic rings. The number of carbonyl (C=O) groups excluding carboxylic acids is 2. The highest BCUT2D eigenvalue weighted by Crippen LogP contribution is 2.34. The lowest BCUT2D eigenvalue weighted by atomic mass is 10.0. The molecule has 1 atom stereocenters. The summed E-state index contributed by atoms with van der Waals surface area (Å²) in [7, 11) is 0. The minimum atomic E-state index is -4.72. The third kappa shape index (κ3) is 5.59. The molecule has 2 amide bonds. The predicted molar refractivity (Wildman–Crippen MR) is 137 cm³/mol. The van der Waals surface area contributed by atoms with Crippen LogP contribution >= 0.6 is 0 Å². The van der Waals surface area contributed by atoms with Crippen LogP contribution < -0.4 is 10.6 Å². The Morgan fingerprint density at radius 1 is 0.919 bits per heavy atom. The summed E-state index contributed by atoms with van der Waals surface area (Å²) < 4.78 is 41.7. The summed E-state index contributed by atoms with van der Waals surface area (Å²) in [4.78, 5) is 25.0. The molecule has 1 heterocycles. The number of aryl methyl sites for hydroxylation is 1. The standard InChI is InChI=1S/C28H25F3N4O2/c1-3-35-24-7-5-4-6-21(24)22-14-19(10-11-25(22)35)33-26(36)12-17(2)13-27(37)34-20-9-8-18(16-32)23(15-20)28(29,30)31/h4-11,14-15,17H,3,12-13H2,1-2H3,(H,33,36)(H,34,37). The maximum atomic E-state index is 13.2. The van der Waals surface area contributed by atoms with Gasteiger partial charge < -0.3 is 15.2 Å². The molecule has 4 rings (SSSR count). The highest BCUT2D eigenvalue weighted by Gasteiger charge is 2.34. The number of nitriles is 1. The smallest absolute Gasteiger partial charge is 0.341 e. The Bertz CT molecular complexity index is 1530. The number of carbonyl (C=O) groups is 2. The van der Waals surface area contributed by atoms with E-state index < -0.39 is 23.2 Å². The molecule has 0 radical (unpaired) electrons. The molecule has 3 aromatic carbocycles. The lowest BCUT2D eigenvalue weighted by molar-refractivity contribution is -0.137. The molecule has 2 N–H and O–H groups in total. The first kappa shape index (κ1) is 25.8. The number of rotatable bonds is 7. The van der Waals surface area contributed by atoms with E-state index in [0.717, 1.165) is 40.5 Å². The summed E-state index contributed by atoms with van der Waals surface area (Å²) in [6, 6.07) is 18.3. The van der Waals surface area contributed by atoms with Gasteiger partial charge in [0, 0.05) is 52.6 Å². The second kappa shape index (κ2) is 10.3. The van der Waals surface area contributed by atoms with Gasteiger partial charge in [0.25, 0.3) is 0 Å². The number of fused-ring (bicyclic) bond motifs is 3. The van der Waals surface area contributed by atoms with Crippen LogP contribution in [0.15, 0.2) is 60.7 Å². The largest absolute Gasteiger partial charge is 0.417 e. The monoisotopic (exact) mass is 506 g/mol. The summed E-state index contributed by atoms with van der Waals surface area (Å²) in [6.45, 7) is 4.61. The van der Waals surface area contributed by atoms with Crippen LogP contribution in [0.2, 0.25) is 0 Å². The Labute approximate surface area is 211 Å². The van der Waals surface area contributed by atoms with Crippen molar-refractivity contribution < 1.29 is 22.8 Å². The van der Waals surface area contributed by atoms with Gasteiger partial charge in [0.15, 0.2) is 0 Å². The molecule has 9 heteroatoms. The van der Waals surface area contributed by atoms with Crippen molar-refractivity contribution in [2.45, 2.75) is 39.4 Å². The van der Waals surface area contributed by atoms with Crippen molar-refractivity contribution in [3.63, 3.8) is 0 Å². The maximum absolute atomic E-state index is 13.2. The van der Waals surface area contributed by atoms with Crippen LogP contribution in [0.5, 0.6) is 0 Å². The molecule has 0 saturated heterocycles. The zero-order chi connectivity index (χ0) is 26.7. The molecule has 0 aliphatic heterocycles. The van der Waals surface area contributed by atoms with Gasteiger partial charge in [0.1, 0.15) is 0 Å². The number of nitrogens with zero attached hydrogens (tertiary/aromatic N) is 2. The molecule has 37 heavy (non-hydrogen) atoms. The fourth-order valence-electron chi connectivity index (χ4n) is 4.56. The number of halogens is 3. The van der Waals surface area contributed by atoms with Gasteiger partial charge in [-0.1, -0.05) is 25.1 Å². The lowest BCUT2D eigenvalue weighted by Gasteiger charge is -2.14. The van der Waals surface area contributed by atoms with Crippen molar-refractivity contribution in [1.29, 1.82) is 5.26 Å². The van der Waals surface area contributed by atoms with Gasteiger partial charge in [-0.25, -0.2) is 0 Å². The average molecular weight is 507 g/mol. The molecule has 6 nitrogen and oxygen atoms in total. The first-order valence-electron chi connectivity index (χ1n) is 11.8. The minimum Gasteiger partial charge on any atom is -0.341 e. The molecule has 0 spiro atoms. The van der Waals surface area contributed by atoms with E-state index in [4.69, 9.17) is 5.26 Å². The van der Waals surface area contributed by atoms with E-state index >= 15 is 0 Å². The van der Waals surface area contributed by atoms with Gasteiger partial charge in [0.2, 0.25) is 11.8 Å². The zero-order valence-corrected chi connectivity index (χ0v) is 20.3. The molecule has 0 saturated carbocycles. The third-order valence-corrected chi connectivity index (χ3v) is 6.17. The van der Waals surface area contributed by atoms with Crippen LogP contribution in [-0.2, 0) is 22.3 Å². The van der Waals surface area contributed by atoms with E-state index in [2.05, 4.69) is 28.2 Å². The molecule has 0 bridgehead atoms. The van der Waals surface area contributed by atoms with Gasteiger partial charge in [-0.05, 0) is 55.3 Å². The van der Waals surface area contributed by atoms with E-state index in [0.29, 0.717) is 5.69 Å². The molecule has 0 aliphatic carbocycles. The number of aromatic nitrogens is 1. The van der Waals surface area contributed by atoms with Gasteiger partial charge in [0.05, 0.1) is 17.2 Å². The molecule has 1 aromatic heterocycles. The highest BCUT2D eigenvalue weighted by atomic mass is 19.4. The van der Waals surface area contributed by atoms with E-state index in [-0.39, 0.29) is 30.4 Å². The molecular formula is C28H25F3N4O2. The maximum Gasteiger partial charge on any atom is 0.417 e. The van der Waals surface area contributed by atoms with Crippen LogP contribution in [0, 0.1) is 17.2 Å². The Morgan fingerprint density at radius 2 is 1.51 bits per heavy atom. The summed E-state index contributed by atoms with van der Waals surface area (Å²) >= 11 is 0. The Morgan fingerprint density at radius 3 is 2.14 bits per heavy atom. The van der Waals surface area contributed by atoms with E-state index in [9.17, 15) is 22.8 Å². The van der Waals surface area contributed by atoms with E-state index in [1.165, 1.54) is 12.1 Å². The Balaban J connectivity index is 1.39. The SMILES string of the molecule is CCn1c2ccccc2c2cc(NC(=O)CC(C)CC(=O)Nc3ccc(C#N)c(C(F)(F)F)c3)ccc21. The van der Waals surface area contributed by atoms with Crippen LogP contribution in [0.4, 0.5) is 24.5 Å². The molecule has 190 valence electrons. The number of anilines is 2. The fraction of sp³-hybridized carbons (Fsp3) is 0.250. The van der Waals surface area contributed by atoms with Crippen molar-refractivity contribution in [2.24, 2.45) is 5.92 Å². The average Bonchev–Trinajstić information content (AvgIpc) is 3.16. The molecule has 0 aliphatic rings. The van der Waals surface area contributed by atoms with Crippen molar-refractivity contribution in [2.75, 3.05) is 10.6 Å². The van der Waals surface area contributed by atoms with Gasteiger partial charge >= 0.3 is 6.18 Å². The molecule has 0 fully saturated rings. The van der Waals surface area contributed by atoms with Gasteiger partial charge in [-0.3, -0.25) is 9.59 Å². The first-order chi connectivity index (χ1) is 17.6. The van der Waals surface area contributed by atoms with Gasteiger partial charge in [-0.15, -0.1) is 0 Å².